The maximum Gasteiger partial charge on any atom is 0.228 e. The summed E-state index contributed by atoms with van der Waals surface area (Å²) in [5.41, 5.74) is 7.04. The van der Waals surface area contributed by atoms with E-state index in [-0.39, 0.29) is 43.2 Å². The molecule has 2 rings (SSSR count). The SMILES string of the molecule is COC(CN)CC(=O)Nc1nc(-c2ccc(F)cc2)c(C)s1.Cl. The summed E-state index contributed by atoms with van der Waals surface area (Å²) in [6.45, 7) is 2.19. The third-order valence-corrected chi connectivity index (χ3v) is 4.06. The number of nitrogens with two attached hydrogens (primary N) is 1. The van der Waals surface area contributed by atoms with E-state index in [1.54, 1.807) is 12.1 Å². The van der Waals surface area contributed by atoms with E-state index < -0.39 is 0 Å². The van der Waals surface area contributed by atoms with Crippen molar-refractivity contribution in [2.24, 2.45) is 5.73 Å². The molecule has 0 aliphatic carbocycles. The first-order valence-corrected chi connectivity index (χ1v) is 7.61. The van der Waals surface area contributed by atoms with Crippen molar-refractivity contribution in [3.8, 4) is 11.3 Å². The zero-order valence-corrected chi connectivity index (χ0v) is 14.5. The van der Waals surface area contributed by atoms with E-state index in [4.69, 9.17) is 10.5 Å². The zero-order valence-electron chi connectivity index (χ0n) is 12.8. The highest BCUT2D eigenvalue weighted by Crippen LogP contribution is 2.30. The largest absolute Gasteiger partial charge is 0.380 e. The smallest absolute Gasteiger partial charge is 0.228 e. The second kappa shape index (κ2) is 8.93. The van der Waals surface area contributed by atoms with Gasteiger partial charge in [-0.1, -0.05) is 0 Å². The van der Waals surface area contributed by atoms with Gasteiger partial charge in [-0.15, -0.1) is 23.7 Å². The van der Waals surface area contributed by atoms with Crippen LogP contribution in [0.25, 0.3) is 11.3 Å². The zero-order chi connectivity index (χ0) is 16.1. The number of ether oxygens (including phenoxy) is 1. The van der Waals surface area contributed by atoms with Crippen molar-refractivity contribution >= 4 is 34.8 Å². The summed E-state index contributed by atoms with van der Waals surface area (Å²) in [6.07, 6.45) is -0.130. The Kier molecular flexibility index (Phi) is 7.57. The Bertz CT molecular complexity index is 645. The van der Waals surface area contributed by atoms with E-state index in [1.165, 1.54) is 30.6 Å². The third-order valence-electron chi connectivity index (χ3n) is 3.17. The Morgan fingerprint density at radius 2 is 2.09 bits per heavy atom. The first-order chi connectivity index (χ1) is 10.5. The minimum absolute atomic E-state index is 0. The van der Waals surface area contributed by atoms with Crippen LogP contribution in [0.1, 0.15) is 11.3 Å². The Morgan fingerprint density at radius 3 is 2.65 bits per heavy atom. The monoisotopic (exact) mass is 359 g/mol. The molecular formula is C15H19ClFN3O2S. The number of methoxy groups -OCH3 is 1. The maximum absolute atomic E-state index is 13.0. The van der Waals surface area contributed by atoms with Gasteiger partial charge in [0.05, 0.1) is 18.2 Å². The number of aromatic nitrogens is 1. The molecule has 0 radical (unpaired) electrons. The molecule has 0 fully saturated rings. The minimum Gasteiger partial charge on any atom is -0.380 e. The van der Waals surface area contributed by atoms with Crippen molar-refractivity contribution in [1.82, 2.24) is 4.98 Å². The molecule has 23 heavy (non-hydrogen) atoms. The molecule has 0 aliphatic heterocycles. The summed E-state index contributed by atoms with van der Waals surface area (Å²) in [5, 5.41) is 3.25. The fourth-order valence-electron chi connectivity index (χ4n) is 1.97. The topological polar surface area (TPSA) is 77.2 Å². The Balaban J connectivity index is 0.00000264. The second-order valence-corrected chi connectivity index (χ2v) is 5.98. The van der Waals surface area contributed by atoms with Crippen LogP contribution in [-0.2, 0) is 9.53 Å². The van der Waals surface area contributed by atoms with Crippen LogP contribution in [0, 0.1) is 12.7 Å². The molecule has 1 heterocycles. The van der Waals surface area contributed by atoms with E-state index >= 15 is 0 Å². The van der Waals surface area contributed by atoms with Gasteiger partial charge in [0.1, 0.15) is 5.82 Å². The lowest BCUT2D eigenvalue weighted by Gasteiger charge is -2.11. The van der Waals surface area contributed by atoms with Crippen LogP contribution in [0.4, 0.5) is 9.52 Å². The summed E-state index contributed by atoms with van der Waals surface area (Å²) in [5.74, 6) is -0.491. The molecule has 0 saturated carbocycles. The summed E-state index contributed by atoms with van der Waals surface area (Å²) in [4.78, 5) is 17.3. The van der Waals surface area contributed by atoms with Crippen LogP contribution in [0.15, 0.2) is 24.3 Å². The first-order valence-electron chi connectivity index (χ1n) is 6.79. The average Bonchev–Trinajstić information content (AvgIpc) is 2.86. The lowest BCUT2D eigenvalue weighted by atomic mass is 10.1. The van der Waals surface area contributed by atoms with Gasteiger partial charge in [0.25, 0.3) is 0 Å². The van der Waals surface area contributed by atoms with Crippen LogP contribution < -0.4 is 11.1 Å². The molecule has 1 unspecified atom stereocenters. The summed E-state index contributed by atoms with van der Waals surface area (Å²) >= 11 is 1.38. The van der Waals surface area contributed by atoms with Gasteiger partial charge in [-0.3, -0.25) is 4.79 Å². The number of hydrogen-bond acceptors (Lipinski definition) is 5. The first kappa shape index (κ1) is 19.5. The lowest BCUT2D eigenvalue weighted by molar-refractivity contribution is -0.118. The molecule has 0 spiro atoms. The predicted octanol–water partition coefficient (Wildman–Crippen LogP) is 2.98. The van der Waals surface area contributed by atoms with Crippen molar-refractivity contribution in [2.45, 2.75) is 19.4 Å². The number of rotatable bonds is 6. The lowest BCUT2D eigenvalue weighted by Crippen LogP contribution is -2.28. The second-order valence-electron chi connectivity index (χ2n) is 4.78. The van der Waals surface area contributed by atoms with Crippen LogP contribution >= 0.6 is 23.7 Å². The Hall–Kier alpha value is -1.54. The molecule has 1 amide bonds. The fraction of sp³-hybridized carbons (Fsp3) is 0.333. The average molecular weight is 360 g/mol. The van der Waals surface area contributed by atoms with Gasteiger partial charge < -0.3 is 15.8 Å². The van der Waals surface area contributed by atoms with Crippen molar-refractivity contribution in [3.05, 3.63) is 35.0 Å². The molecule has 1 atom stereocenters. The number of halogens is 2. The van der Waals surface area contributed by atoms with Crippen LogP contribution in [-0.4, -0.2) is 30.6 Å². The molecule has 5 nitrogen and oxygen atoms in total. The number of carbonyl (C=O) groups is 1. The number of amides is 1. The highest BCUT2D eigenvalue weighted by atomic mass is 35.5. The quantitative estimate of drug-likeness (QED) is 0.831. The normalized spacial score (nSPS) is 11.7. The molecule has 126 valence electrons. The number of aryl methyl sites for hydroxylation is 1. The molecular weight excluding hydrogens is 341 g/mol. The van der Waals surface area contributed by atoms with E-state index in [2.05, 4.69) is 10.3 Å². The molecule has 1 aromatic carbocycles. The number of hydrogen-bond donors (Lipinski definition) is 2. The number of carbonyl (C=O) groups excluding carboxylic acids is 1. The molecule has 2 aromatic rings. The summed E-state index contributed by atoms with van der Waals surface area (Å²) in [7, 11) is 1.52. The molecule has 0 bridgehead atoms. The van der Waals surface area contributed by atoms with Crippen molar-refractivity contribution in [2.75, 3.05) is 19.0 Å². The van der Waals surface area contributed by atoms with Gasteiger partial charge in [-0.2, -0.15) is 0 Å². The van der Waals surface area contributed by atoms with Crippen molar-refractivity contribution < 1.29 is 13.9 Å². The standard InChI is InChI=1S/C15H18FN3O2S.ClH/c1-9-14(10-3-5-11(16)6-4-10)19-15(22-9)18-13(20)7-12(8-17)21-2;/h3-6,12H,7-8,17H2,1-2H3,(H,18,19,20);1H. The number of anilines is 1. The Morgan fingerprint density at radius 1 is 1.43 bits per heavy atom. The summed E-state index contributed by atoms with van der Waals surface area (Å²) in [6, 6.07) is 6.10. The highest BCUT2D eigenvalue weighted by Gasteiger charge is 2.15. The minimum atomic E-state index is -0.308. The number of nitrogens with zero attached hydrogens (tertiary/aromatic N) is 1. The fourth-order valence-corrected chi connectivity index (χ4v) is 2.82. The molecule has 0 saturated heterocycles. The number of thiazole rings is 1. The predicted molar refractivity (Wildman–Crippen MR) is 92.6 cm³/mol. The van der Waals surface area contributed by atoms with Gasteiger partial charge in [-0.25, -0.2) is 9.37 Å². The molecule has 8 heteroatoms. The van der Waals surface area contributed by atoms with E-state index in [9.17, 15) is 9.18 Å². The molecule has 3 N–H and O–H groups in total. The van der Waals surface area contributed by atoms with Crippen molar-refractivity contribution in [1.29, 1.82) is 0 Å². The maximum atomic E-state index is 13.0. The Labute approximate surface area is 144 Å². The number of benzene rings is 1. The van der Waals surface area contributed by atoms with Gasteiger partial charge in [-0.05, 0) is 31.2 Å². The highest BCUT2D eigenvalue weighted by molar-refractivity contribution is 7.16. The summed E-state index contributed by atoms with van der Waals surface area (Å²) < 4.78 is 18.1. The van der Waals surface area contributed by atoms with Gasteiger partial charge in [0, 0.05) is 24.1 Å². The van der Waals surface area contributed by atoms with Crippen LogP contribution in [0.2, 0.25) is 0 Å². The number of nitrogens with one attached hydrogen (secondary N) is 1. The third kappa shape index (κ3) is 5.24. The van der Waals surface area contributed by atoms with Gasteiger partial charge in [0.15, 0.2) is 5.13 Å². The van der Waals surface area contributed by atoms with Crippen molar-refractivity contribution in [3.63, 3.8) is 0 Å². The van der Waals surface area contributed by atoms with E-state index in [0.29, 0.717) is 5.13 Å². The van der Waals surface area contributed by atoms with E-state index in [0.717, 1.165) is 16.1 Å². The van der Waals surface area contributed by atoms with Crippen LogP contribution in [0.3, 0.4) is 0 Å². The molecule has 1 aromatic heterocycles. The van der Waals surface area contributed by atoms with Gasteiger partial charge >= 0.3 is 0 Å². The van der Waals surface area contributed by atoms with Gasteiger partial charge in [0.2, 0.25) is 5.91 Å². The molecule has 0 aliphatic rings. The van der Waals surface area contributed by atoms with E-state index in [1.807, 2.05) is 6.92 Å². The van der Waals surface area contributed by atoms with Crippen LogP contribution in [0.5, 0.6) is 0 Å².